The lowest BCUT2D eigenvalue weighted by atomic mass is 10.1. The highest BCUT2D eigenvalue weighted by Gasteiger charge is 2.20. The predicted molar refractivity (Wildman–Crippen MR) is 67.7 cm³/mol. The summed E-state index contributed by atoms with van der Waals surface area (Å²) in [4.78, 5) is 4.30. The SMILES string of the molecule is N#Cc1cc(NCC2CC2)c2ccccc2n1. The molecule has 0 unspecified atom stereocenters. The molecule has 2 aromatic rings. The maximum absolute atomic E-state index is 8.97. The third-order valence-electron chi connectivity index (χ3n) is 3.11. The molecule has 1 aromatic carbocycles. The van der Waals surface area contributed by atoms with E-state index in [1.54, 1.807) is 0 Å². The van der Waals surface area contributed by atoms with Crippen LogP contribution in [0.5, 0.6) is 0 Å². The largest absolute Gasteiger partial charge is 0.384 e. The Balaban J connectivity index is 2.03. The average molecular weight is 223 g/mol. The molecule has 84 valence electrons. The fourth-order valence-electron chi connectivity index (χ4n) is 1.96. The van der Waals surface area contributed by atoms with Crippen molar-refractivity contribution in [1.82, 2.24) is 4.98 Å². The van der Waals surface area contributed by atoms with E-state index in [1.165, 1.54) is 12.8 Å². The second-order valence-corrected chi connectivity index (χ2v) is 4.51. The molecule has 0 radical (unpaired) electrons. The molecule has 1 N–H and O–H groups in total. The van der Waals surface area contributed by atoms with E-state index in [-0.39, 0.29) is 0 Å². The van der Waals surface area contributed by atoms with Crippen molar-refractivity contribution in [2.24, 2.45) is 5.92 Å². The van der Waals surface area contributed by atoms with Crippen LogP contribution in [0.25, 0.3) is 10.9 Å². The Morgan fingerprint density at radius 3 is 2.94 bits per heavy atom. The first-order valence-electron chi connectivity index (χ1n) is 5.90. The van der Waals surface area contributed by atoms with Crippen molar-refractivity contribution in [3.8, 4) is 6.07 Å². The van der Waals surface area contributed by atoms with Gasteiger partial charge in [-0.15, -0.1) is 0 Å². The van der Waals surface area contributed by atoms with Crippen molar-refractivity contribution in [2.45, 2.75) is 12.8 Å². The standard InChI is InChI=1S/C14H13N3/c15-8-11-7-14(16-9-10-5-6-10)12-3-1-2-4-13(12)17-11/h1-4,7,10H,5-6,9H2,(H,16,17). The topological polar surface area (TPSA) is 48.7 Å². The second-order valence-electron chi connectivity index (χ2n) is 4.51. The Morgan fingerprint density at radius 2 is 2.18 bits per heavy atom. The van der Waals surface area contributed by atoms with Crippen LogP contribution in [0.1, 0.15) is 18.5 Å². The van der Waals surface area contributed by atoms with Gasteiger partial charge in [0.2, 0.25) is 0 Å². The number of hydrogen-bond donors (Lipinski definition) is 1. The van der Waals surface area contributed by atoms with Crippen molar-refractivity contribution in [2.75, 3.05) is 11.9 Å². The van der Waals surface area contributed by atoms with E-state index in [4.69, 9.17) is 5.26 Å². The molecule has 0 bridgehead atoms. The minimum atomic E-state index is 0.474. The molecule has 17 heavy (non-hydrogen) atoms. The van der Waals surface area contributed by atoms with Gasteiger partial charge in [0.25, 0.3) is 0 Å². The summed E-state index contributed by atoms with van der Waals surface area (Å²) in [6.45, 7) is 0.999. The zero-order valence-corrected chi connectivity index (χ0v) is 9.48. The summed E-state index contributed by atoms with van der Waals surface area (Å²) in [5.74, 6) is 0.812. The number of nitriles is 1. The number of benzene rings is 1. The number of nitrogens with zero attached hydrogens (tertiary/aromatic N) is 2. The van der Waals surface area contributed by atoms with E-state index in [9.17, 15) is 0 Å². The molecule has 1 heterocycles. The molecule has 3 nitrogen and oxygen atoms in total. The molecule has 0 spiro atoms. The Morgan fingerprint density at radius 1 is 1.35 bits per heavy atom. The van der Waals surface area contributed by atoms with Crippen LogP contribution in [0, 0.1) is 17.2 Å². The van der Waals surface area contributed by atoms with Crippen molar-refractivity contribution in [1.29, 1.82) is 5.26 Å². The van der Waals surface area contributed by atoms with Crippen LogP contribution < -0.4 is 5.32 Å². The number of nitrogens with one attached hydrogen (secondary N) is 1. The fraction of sp³-hybridized carbons (Fsp3) is 0.286. The molecule has 3 rings (SSSR count). The molecule has 3 heteroatoms. The van der Waals surface area contributed by atoms with E-state index in [1.807, 2.05) is 30.3 Å². The zero-order chi connectivity index (χ0) is 11.7. The fourth-order valence-corrected chi connectivity index (χ4v) is 1.96. The van der Waals surface area contributed by atoms with Crippen LogP contribution in [0.15, 0.2) is 30.3 Å². The Bertz CT molecular complexity index is 594. The maximum Gasteiger partial charge on any atom is 0.143 e. The van der Waals surface area contributed by atoms with E-state index >= 15 is 0 Å². The third-order valence-corrected chi connectivity index (χ3v) is 3.11. The van der Waals surface area contributed by atoms with Crippen LogP contribution >= 0.6 is 0 Å². The Hall–Kier alpha value is -2.08. The van der Waals surface area contributed by atoms with Gasteiger partial charge in [-0.3, -0.25) is 0 Å². The molecule has 1 aromatic heterocycles. The Kier molecular flexibility index (Phi) is 2.41. The van der Waals surface area contributed by atoms with Gasteiger partial charge in [0.1, 0.15) is 11.8 Å². The lowest BCUT2D eigenvalue weighted by Crippen LogP contribution is -2.04. The van der Waals surface area contributed by atoms with E-state index in [0.717, 1.165) is 29.1 Å². The number of fused-ring (bicyclic) bond motifs is 1. The monoisotopic (exact) mass is 223 g/mol. The van der Waals surface area contributed by atoms with Crippen LogP contribution in [0.2, 0.25) is 0 Å². The molecule has 1 aliphatic carbocycles. The van der Waals surface area contributed by atoms with Gasteiger partial charge in [-0.1, -0.05) is 18.2 Å². The summed E-state index contributed by atoms with van der Waals surface area (Å²) < 4.78 is 0. The summed E-state index contributed by atoms with van der Waals surface area (Å²) in [6, 6.07) is 11.9. The molecular weight excluding hydrogens is 210 g/mol. The highest BCUT2D eigenvalue weighted by atomic mass is 14.9. The van der Waals surface area contributed by atoms with Crippen LogP contribution in [0.4, 0.5) is 5.69 Å². The second kappa shape index (κ2) is 4.06. The van der Waals surface area contributed by atoms with Crippen LogP contribution in [-0.4, -0.2) is 11.5 Å². The van der Waals surface area contributed by atoms with Gasteiger partial charge < -0.3 is 5.32 Å². The first-order chi connectivity index (χ1) is 8.36. The number of para-hydroxylation sites is 1. The van der Waals surface area contributed by atoms with E-state index in [0.29, 0.717) is 5.69 Å². The Labute approximate surface area is 100 Å². The number of anilines is 1. The lowest BCUT2D eigenvalue weighted by Gasteiger charge is -2.09. The molecule has 0 atom stereocenters. The highest BCUT2D eigenvalue weighted by molar-refractivity contribution is 5.91. The average Bonchev–Trinajstić information content (AvgIpc) is 3.19. The minimum absolute atomic E-state index is 0.474. The molecule has 0 saturated heterocycles. The van der Waals surface area contributed by atoms with Crippen LogP contribution in [0.3, 0.4) is 0 Å². The molecular formula is C14H13N3. The number of pyridine rings is 1. The smallest absolute Gasteiger partial charge is 0.143 e. The summed E-state index contributed by atoms with van der Waals surface area (Å²) in [7, 11) is 0. The first-order valence-corrected chi connectivity index (χ1v) is 5.90. The van der Waals surface area contributed by atoms with E-state index in [2.05, 4.69) is 16.4 Å². The number of rotatable bonds is 3. The molecule has 1 saturated carbocycles. The summed E-state index contributed by atoms with van der Waals surface area (Å²) >= 11 is 0. The summed E-state index contributed by atoms with van der Waals surface area (Å²) in [6.07, 6.45) is 2.64. The minimum Gasteiger partial charge on any atom is -0.384 e. The third kappa shape index (κ3) is 2.07. The zero-order valence-electron chi connectivity index (χ0n) is 9.48. The first kappa shape index (κ1) is 10.1. The molecule has 0 aliphatic heterocycles. The quantitative estimate of drug-likeness (QED) is 0.870. The van der Waals surface area contributed by atoms with Crippen molar-refractivity contribution >= 4 is 16.6 Å². The normalized spacial score (nSPS) is 14.5. The number of hydrogen-bond acceptors (Lipinski definition) is 3. The van der Waals surface area contributed by atoms with Crippen molar-refractivity contribution < 1.29 is 0 Å². The van der Waals surface area contributed by atoms with Gasteiger partial charge in [0.15, 0.2) is 0 Å². The van der Waals surface area contributed by atoms with Crippen molar-refractivity contribution in [3.63, 3.8) is 0 Å². The van der Waals surface area contributed by atoms with E-state index < -0.39 is 0 Å². The van der Waals surface area contributed by atoms with Gasteiger partial charge in [-0.2, -0.15) is 5.26 Å². The molecule has 1 fully saturated rings. The maximum atomic E-state index is 8.97. The predicted octanol–water partition coefficient (Wildman–Crippen LogP) is 2.93. The molecule has 1 aliphatic rings. The summed E-state index contributed by atoms with van der Waals surface area (Å²) in [5, 5.41) is 13.5. The van der Waals surface area contributed by atoms with Gasteiger partial charge in [-0.05, 0) is 30.9 Å². The highest BCUT2D eigenvalue weighted by Crippen LogP contribution is 2.30. The van der Waals surface area contributed by atoms with Crippen LogP contribution in [-0.2, 0) is 0 Å². The number of aromatic nitrogens is 1. The van der Waals surface area contributed by atoms with Gasteiger partial charge in [0, 0.05) is 17.6 Å². The van der Waals surface area contributed by atoms with Gasteiger partial charge in [-0.25, -0.2) is 4.98 Å². The summed E-state index contributed by atoms with van der Waals surface area (Å²) in [5.41, 5.74) is 2.38. The molecule has 0 amide bonds. The van der Waals surface area contributed by atoms with Gasteiger partial charge >= 0.3 is 0 Å². The van der Waals surface area contributed by atoms with Gasteiger partial charge in [0.05, 0.1) is 5.52 Å². The van der Waals surface area contributed by atoms with Crippen molar-refractivity contribution in [3.05, 3.63) is 36.0 Å². The lowest BCUT2D eigenvalue weighted by molar-refractivity contribution is 0.890.